The van der Waals surface area contributed by atoms with Crippen LogP contribution in [0.15, 0.2) is 59.1 Å². The number of carbonyl (C=O) groups is 2. The number of halogens is 1. The molecule has 2 atom stereocenters. The molecule has 0 saturated carbocycles. The summed E-state index contributed by atoms with van der Waals surface area (Å²) in [4.78, 5) is 24.4. The Morgan fingerprint density at radius 3 is 2.56 bits per heavy atom. The van der Waals surface area contributed by atoms with Gasteiger partial charge in [0.15, 0.2) is 6.23 Å². The number of benzene rings is 2. The van der Waals surface area contributed by atoms with Gasteiger partial charge in [0.2, 0.25) is 0 Å². The molecule has 3 rings (SSSR count). The third kappa shape index (κ3) is 4.58. The normalized spacial score (nSPS) is 21.7. The summed E-state index contributed by atoms with van der Waals surface area (Å²) in [6, 6.07) is 15.7. The number of amides is 4. The number of carbonyl (C=O) groups excluding carboxylic acids is 2. The van der Waals surface area contributed by atoms with E-state index in [0.717, 1.165) is 15.0 Å². The summed E-state index contributed by atoms with van der Waals surface area (Å²) >= 11 is 3.32. The molecule has 0 radical (unpaired) electrons. The first kappa shape index (κ1) is 19.2. The number of urea groups is 2. The van der Waals surface area contributed by atoms with Gasteiger partial charge in [0.1, 0.15) is 0 Å². The van der Waals surface area contributed by atoms with E-state index in [1.807, 2.05) is 30.3 Å². The van der Waals surface area contributed by atoms with Crippen molar-refractivity contribution in [2.75, 3.05) is 5.32 Å². The van der Waals surface area contributed by atoms with Crippen molar-refractivity contribution in [3.8, 4) is 0 Å². The predicted octanol–water partition coefficient (Wildman–Crippen LogP) is 3.22. The molecule has 2 aromatic carbocycles. The second kappa shape index (κ2) is 7.98. The van der Waals surface area contributed by atoms with Crippen LogP contribution in [0.1, 0.15) is 18.9 Å². The van der Waals surface area contributed by atoms with Crippen LogP contribution in [0, 0.1) is 0 Å². The summed E-state index contributed by atoms with van der Waals surface area (Å²) in [5.74, 6) is 0. The number of rotatable bonds is 5. The molecule has 4 N–H and O–H groups in total. The van der Waals surface area contributed by atoms with Gasteiger partial charge >= 0.3 is 12.1 Å². The summed E-state index contributed by atoms with van der Waals surface area (Å²) in [5.41, 5.74) is 3.20. The number of hydrogen-bond donors (Lipinski definition) is 4. The van der Waals surface area contributed by atoms with Crippen LogP contribution in [0.25, 0.3) is 0 Å². The van der Waals surface area contributed by atoms with Gasteiger partial charge in [-0.15, -0.1) is 0 Å². The van der Waals surface area contributed by atoms with Crippen LogP contribution in [0.5, 0.6) is 0 Å². The minimum atomic E-state index is -1.19. The molecule has 1 saturated heterocycles. The Morgan fingerprint density at radius 2 is 1.89 bits per heavy atom. The van der Waals surface area contributed by atoms with Crippen molar-refractivity contribution in [3.05, 3.63) is 64.6 Å². The van der Waals surface area contributed by atoms with Gasteiger partial charge in [-0.2, -0.15) is 0 Å². The monoisotopic (exact) mass is 432 g/mol. The van der Waals surface area contributed by atoms with Crippen LogP contribution in [-0.4, -0.2) is 33.9 Å². The molecule has 8 heteroatoms. The molecule has 1 heterocycles. The van der Waals surface area contributed by atoms with Crippen molar-refractivity contribution in [2.45, 2.75) is 31.5 Å². The van der Waals surface area contributed by atoms with Crippen molar-refractivity contribution < 1.29 is 14.7 Å². The third-order valence-electron chi connectivity index (χ3n) is 4.53. The van der Waals surface area contributed by atoms with Gasteiger partial charge in [0.05, 0.1) is 5.54 Å². The van der Waals surface area contributed by atoms with E-state index < -0.39 is 23.8 Å². The van der Waals surface area contributed by atoms with E-state index in [1.54, 1.807) is 31.2 Å². The number of aliphatic hydroxyl groups is 1. The Bertz CT molecular complexity index is 815. The lowest BCUT2D eigenvalue weighted by molar-refractivity contribution is -0.0111. The largest absolute Gasteiger partial charge is 0.369 e. The van der Waals surface area contributed by atoms with Crippen molar-refractivity contribution in [3.63, 3.8) is 0 Å². The van der Waals surface area contributed by atoms with Gasteiger partial charge in [0.25, 0.3) is 0 Å². The van der Waals surface area contributed by atoms with E-state index in [1.165, 1.54) is 0 Å². The zero-order chi connectivity index (χ0) is 19.4. The molecule has 2 unspecified atom stereocenters. The number of aryl methyl sites for hydroxylation is 1. The van der Waals surface area contributed by atoms with E-state index in [4.69, 9.17) is 0 Å². The molecule has 1 aliphatic rings. The van der Waals surface area contributed by atoms with Gasteiger partial charge in [0, 0.05) is 10.2 Å². The minimum Gasteiger partial charge on any atom is -0.369 e. The summed E-state index contributed by atoms with van der Waals surface area (Å²) in [6.07, 6.45) is 0.0220. The Hall–Kier alpha value is -2.58. The minimum absolute atomic E-state index is 0.524. The van der Waals surface area contributed by atoms with Crippen LogP contribution in [-0.2, 0) is 6.42 Å². The molecular weight excluding hydrogens is 412 g/mol. The Kier molecular flexibility index (Phi) is 5.67. The van der Waals surface area contributed by atoms with Crippen molar-refractivity contribution in [1.29, 1.82) is 0 Å². The molecule has 0 bridgehead atoms. The molecule has 27 heavy (non-hydrogen) atoms. The smallest absolute Gasteiger partial charge is 0.339 e. The van der Waals surface area contributed by atoms with Crippen molar-refractivity contribution >= 4 is 33.7 Å². The first-order valence-corrected chi connectivity index (χ1v) is 9.33. The number of nitrogens with one attached hydrogen (secondary N) is 3. The first-order valence-electron chi connectivity index (χ1n) is 8.54. The number of anilines is 1. The summed E-state index contributed by atoms with van der Waals surface area (Å²) < 4.78 is 0.886. The van der Waals surface area contributed by atoms with Crippen LogP contribution < -0.4 is 16.1 Å². The molecule has 1 aliphatic heterocycles. The van der Waals surface area contributed by atoms with Crippen LogP contribution in [0.3, 0.4) is 0 Å². The molecule has 2 aromatic rings. The van der Waals surface area contributed by atoms with Crippen molar-refractivity contribution in [1.82, 2.24) is 15.8 Å². The second-order valence-corrected chi connectivity index (χ2v) is 7.57. The first-order chi connectivity index (χ1) is 12.9. The van der Waals surface area contributed by atoms with Crippen LogP contribution >= 0.6 is 15.9 Å². The molecule has 142 valence electrons. The van der Waals surface area contributed by atoms with E-state index >= 15 is 0 Å². The highest BCUT2D eigenvalue weighted by atomic mass is 79.9. The molecule has 1 fully saturated rings. The van der Waals surface area contributed by atoms with Gasteiger partial charge in [-0.05, 0) is 49.6 Å². The van der Waals surface area contributed by atoms with E-state index in [-0.39, 0.29) is 0 Å². The molecule has 0 aromatic heterocycles. The SMILES string of the molecule is CC1(CCc2ccccc2)NC(=O)N(NC(=O)Nc2ccc(Br)cc2)C1O. The highest BCUT2D eigenvalue weighted by Gasteiger charge is 2.48. The highest BCUT2D eigenvalue weighted by Crippen LogP contribution is 2.26. The highest BCUT2D eigenvalue weighted by molar-refractivity contribution is 9.10. The van der Waals surface area contributed by atoms with E-state index in [9.17, 15) is 14.7 Å². The number of aliphatic hydroxyl groups excluding tert-OH is 1. The van der Waals surface area contributed by atoms with Gasteiger partial charge in [-0.3, -0.25) is 0 Å². The topological polar surface area (TPSA) is 93.7 Å². The van der Waals surface area contributed by atoms with E-state index in [0.29, 0.717) is 18.5 Å². The molecule has 4 amide bonds. The Morgan fingerprint density at radius 1 is 1.22 bits per heavy atom. The van der Waals surface area contributed by atoms with Crippen LogP contribution in [0.2, 0.25) is 0 Å². The maximum Gasteiger partial charge on any atom is 0.339 e. The fourth-order valence-electron chi connectivity index (χ4n) is 2.92. The quantitative estimate of drug-likeness (QED) is 0.584. The van der Waals surface area contributed by atoms with E-state index in [2.05, 4.69) is 32.0 Å². The lowest BCUT2D eigenvalue weighted by Crippen LogP contribution is -2.53. The third-order valence-corrected chi connectivity index (χ3v) is 5.05. The second-order valence-electron chi connectivity index (χ2n) is 6.65. The Balaban J connectivity index is 1.60. The lowest BCUT2D eigenvalue weighted by Gasteiger charge is -2.29. The molecule has 0 aliphatic carbocycles. The van der Waals surface area contributed by atoms with Gasteiger partial charge in [-0.1, -0.05) is 46.3 Å². The zero-order valence-electron chi connectivity index (χ0n) is 14.8. The molecule has 7 nitrogen and oxygen atoms in total. The number of hydrazine groups is 1. The lowest BCUT2D eigenvalue weighted by atomic mass is 9.92. The fraction of sp³-hybridized carbons (Fsp3) is 0.263. The number of nitrogens with zero attached hydrogens (tertiary/aromatic N) is 1. The van der Waals surface area contributed by atoms with Crippen molar-refractivity contribution in [2.24, 2.45) is 0 Å². The standard InChI is InChI=1S/C19H21BrN4O3/c1-19(12-11-13-5-3-2-4-6-13)16(25)24(18(27)22-19)23-17(26)21-15-9-7-14(20)8-10-15/h2-10,16,25H,11-12H2,1H3,(H,22,27)(H2,21,23,26). The maximum atomic E-state index is 12.3. The summed E-state index contributed by atoms with van der Waals surface area (Å²) in [5, 5.41) is 16.9. The molecular formula is C19H21BrN4O3. The van der Waals surface area contributed by atoms with Crippen LogP contribution in [0.4, 0.5) is 15.3 Å². The van der Waals surface area contributed by atoms with Gasteiger partial charge < -0.3 is 15.7 Å². The summed E-state index contributed by atoms with van der Waals surface area (Å²) in [7, 11) is 0. The maximum absolute atomic E-state index is 12.3. The molecule has 0 spiro atoms. The summed E-state index contributed by atoms with van der Waals surface area (Å²) in [6.45, 7) is 1.76. The average Bonchev–Trinajstić information content (AvgIpc) is 2.86. The fourth-order valence-corrected chi connectivity index (χ4v) is 3.18. The average molecular weight is 433 g/mol. The van der Waals surface area contributed by atoms with Gasteiger partial charge in [-0.25, -0.2) is 20.0 Å². The predicted molar refractivity (Wildman–Crippen MR) is 106 cm³/mol. The zero-order valence-corrected chi connectivity index (χ0v) is 16.4. The number of hydrogen-bond acceptors (Lipinski definition) is 3. The Labute approximate surface area is 165 Å².